The first kappa shape index (κ1) is 7.59. The van der Waals surface area contributed by atoms with Crippen LogP contribution in [0.5, 0.6) is 5.75 Å². The first-order valence-electron chi connectivity index (χ1n) is 4.46. The molecule has 2 rings (SSSR count). The smallest absolute Gasteiger partial charge is 0.122 e. The molecule has 0 saturated heterocycles. The fourth-order valence-corrected chi connectivity index (χ4v) is 1.96. The Labute approximate surface area is 72.3 Å². The SMILES string of the molecule is C[C@@H]1CCCc2nccc(O)c21. The number of hydrogen-bond acceptors (Lipinski definition) is 2. The Morgan fingerprint density at radius 3 is 3.17 bits per heavy atom. The molecule has 1 N–H and O–H groups in total. The number of aromatic hydroxyl groups is 1. The minimum absolute atomic E-state index is 0.423. The van der Waals surface area contributed by atoms with Crippen LogP contribution < -0.4 is 0 Å². The quantitative estimate of drug-likeness (QED) is 0.636. The van der Waals surface area contributed by atoms with Gasteiger partial charge >= 0.3 is 0 Å². The lowest BCUT2D eigenvalue weighted by atomic mass is 9.86. The first-order chi connectivity index (χ1) is 5.79. The van der Waals surface area contributed by atoms with Gasteiger partial charge in [0.2, 0.25) is 0 Å². The number of aromatic nitrogens is 1. The normalized spacial score (nSPS) is 21.9. The second kappa shape index (κ2) is 2.77. The number of hydrogen-bond donors (Lipinski definition) is 1. The number of rotatable bonds is 0. The summed E-state index contributed by atoms with van der Waals surface area (Å²) in [6.45, 7) is 2.15. The van der Waals surface area contributed by atoms with Crippen molar-refractivity contribution < 1.29 is 5.11 Å². The predicted molar refractivity (Wildman–Crippen MR) is 47.3 cm³/mol. The van der Waals surface area contributed by atoms with Crippen LogP contribution in [0.15, 0.2) is 12.3 Å². The molecular weight excluding hydrogens is 150 g/mol. The summed E-state index contributed by atoms with van der Waals surface area (Å²) in [7, 11) is 0. The summed E-state index contributed by atoms with van der Waals surface area (Å²) in [6.07, 6.45) is 5.08. The van der Waals surface area contributed by atoms with Gasteiger partial charge in [-0.1, -0.05) is 6.92 Å². The minimum atomic E-state index is 0.423. The predicted octanol–water partition coefficient (Wildman–Crippen LogP) is 2.23. The van der Waals surface area contributed by atoms with Crippen LogP contribution >= 0.6 is 0 Å². The Balaban J connectivity index is 2.53. The first-order valence-corrected chi connectivity index (χ1v) is 4.46. The van der Waals surface area contributed by atoms with Gasteiger partial charge in [0.25, 0.3) is 0 Å². The Morgan fingerprint density at radius 2 is 2.42 bits per heavy atom. The van der Waals surface area contributed by atoms with E-state index in [1.165, 1.54) is 12.8 Å². The van der Waals surface area contributed by atoms with Crippen molar-refractivity contribution in [1.29, 1.82) is 0 Å². The lowest BCUT2D eigenvalue weighted by Crippen LogP contribution is -2.08. The Kier molecular flexibility index (Phi) is 1.75. The van der Waals surface area contributed by atoms with Gasteiger partial charge in [0.15, 0.2) is 0 Å². The van der Waals surface area contributed by atoms with Crippen LogP contribution in [0, 0.1) is 0 Å². The molecule has 1 aromatic heterocycles. The van der Waals surface area contributed by atoms with E-state index in [1.54, 1.807) is 12.3 Å². The van der Waals surface area contributed by atoms with Crippen molar-refractivity contribution in [2.24, 2.45) is 0 Å². The molecule has 1 heterocycles. The van der Waals surface area contributed by atoms with Crippen molar-refractivity contribution >= 4 is 0 Å². The molecule has 0 aliphatic heterocycles. The van der Waals surface area contributed by atoms with Crippen molar-refractivity contribution in [3.8, 4) is 5.75 Å². The Hall–Kier alpha value is -1.05. The van der Waals surface area contributed by atoms with E-state index in [-0.39, 0.29) is 0 Å². The summed E-state index contributed by atoms with van der Waals surface area (Å²) in [6, 6.07) is 1.68. The molecule has 2 heteroatoms. The van der Waals surface area contributed by atoms with Crippen LogP contribution in [0.4, 0.5) is 0 Å². The maximum absolute atomic E-state index is 9.59. The summed E-state index contributed by atoms with van der Waals surface area (Å²) in [5, 5.41) is 9.59. The second-order valence-electron chi connectivity index (χ2n) is 3.48. The topological polar surface area (TPSA) is 33.1 Å². The van der Waals surface area contributed by atoms with Crippen molar-refractivity contribution in [2.75, 3.05) is 0 Å². The number of nitrogens with zero attached hydrogens (tertiary/aromatic N) is 1. The van der Waals surface area contributed by atoms with Crippen molar-refractivity contribution in [3.05, 3.63) is 23.5 Å². The van der Waals surface area contributed by atoms with Gasteiger partial charge in [0.05, 0.1) is 0 Å². The van der Waals surface area contributed by atoms with Crippen LogP contribution in [0.3, 0.4) is 0 Å². The Morgan fingerprint density at radius 1 is 1.58 bits per heavy atom. The van der Waals surface area contributed by atoms with E-state index in [0.29, 0.717) is 11.7 Å². The van der Waals surface area contributed by atoms with Crippen LogP contribution in [0.2, 0.25) is 0 Å². The molecule has 0 bridgehead atoms. The molecule has 1 aliphatic carbocycles. The fraction of sp³-hybridized carbons (Fsp3) is 0.500. The van der Waals surface area contributed by atoms with Gasteiger partial charge in [-0.3, -0.25) is 4.98 Å². The highest BCUT2D eigenvalue weighted by Crippen LogP contribution is 2.35. The monoisotopic (exact) mass is 163 g/mol. The van der Waals surface area contributed by atoms with E-state index in [2.05, 4.69) is 11.9 Å². The fourth-order valence-electron chi connectivity index (χ4n) is 1.96. The zero-order chi connectivity index (χ0) is 8.55. The van der Waals surface area contributed by atoms with E-state index in [4.69, 9.17) is 0 Å². The third kappa shape index (κ3) is 1.07. The second-order valence-corrected chi connectivity index (χ2v) is 3.48. The van der Waals surface area contributed by atoms with E-state index in [0.717, 1.165) is 17.7 Å². The third-order valence-corrected chi connectivity index (χ3v) is 2.59. The van der Waals surface area contributed by atoms with Gasteiger partial charge in [0, 0.05) is 17.5 Å². The molecule has 1 atom stereocenters. The number of aryl methyl sites for hydroxylation is 1. The molecule has 0 spiro atoms. The van der Waals surface area contributed by atoms with Gasteiger partial charge in [-0.2, -0.15) is 0 Å². The van der Waals surface area contributed by atoms with Crippen molar-refractivity contribution in [1.82, 2.24) is 4.98 Å². The highest BCUT2D eigenvalue weighted by atomic mass is 16.3. The standard InChI is InChI=1S/C10H13NO/c1-7-3-2-4-8-10(7)9(12)5-6-11-8/h5-7H,2-4H2,1H3,(H,11,12)/t7-/m1/s1. The molecule has 0 aromatic carbocycles. The largest absolute Gasteiger partial charge is 0.508 e. The maximum Gasteiger partial charge on any atom is 0.122 e. The average Bonchev–Trinajstić information content (AvgIpc) is 2.04. The number of fused-ring (bicyclic) bond motifs is 1. The molecule has 2 nitrogen and oxygen atoms in total. The van der Waals surface area contributed by atoms with Gasteiger partial charge in [-0.15, -0.1) is 0 Å². The maximum atomic E-state index is 9.59. The zero-order valence-corrected chi connectivity index (χ0v) is 7.25. The molecule has 12 heavy (non-hydrogen) atoms. The van der Waals surface area contributed by atoms with Gasteiger partial charge in [-0.25, -0.2) is 0 Å². The summed E-state index contributed by atoms with van der Waals surface area (Å²) in [4.78, 5) is 4.27. The van der Waals surface area contributed by atoms with E-state index in [9.17, 15) is 5.11 Å². The molecule has 0 unspecified atom stereocenters. The van der Waals surface area contributed by atoms with E-state index < -0.39 is 0 Å². The molecule has 64 valence electrons. The summed E-state index contributed by atoms with van der Waals surface area (Å²) >= 11 is 0. The summed E-state index contributed by atoms with van der Waals surface area (Å²) in [5.74, 6) is 0.898. The van der Waals surface area contributed by atoms with Gasteiger partial charge in [0.1, 0.15) is 5.75 Å². The molecule has 1 aromatic rings. The van der Waals surface area contributed by atoms with Crippen LogP contribution in [0.1, 0.15) is 36.9 Å². The van der Waals surface area contributed by atoms with E-state index in [1.807, 2.05) is 0 Å². The number of pyridine rings is 1. The highest BCUT2D eigenvalue weighted by molar-refractivity contribution is 5.38. The van der Waals surface area contributed by atoms with Crippen molar-refractivity contribution in [3.63, 3.8) is 0 Å². The van der Waals surface area contributed by atoms with Gasteiger partial charge in [-0.05, 0) is 31.2 Å². The molecule has 0 saturated carbocycles. The molecule has 1 aliphatic rings. The molecule has 0 radical (unpaired) electrons. The average molecular weight is 163 g/mol. The lowest BCUT2D eigenvalue weighted by molar-refractivity contribution is 0.448. The lowest BCUT2D eigenvalue weighted by Gasteiger charge is -2.21. The molecule has 0 amide bonds. The summed E-state index contributed by atoms with van der Waals surface area (Å²) < 4.78 is 0. The zero-order valence-electron chi connectivity index (χ0n) is 7.25. The van der Waals surface area contributed by atoms with Crippen LogP contribution in [-0.2, 0) is 6.42 Å². The van der Waals surface area contributed by atoms with E-state index >= 15 is 0 Å². The minimum Gasteiger partial charge on any atom is -0.508 e. The van der Waals surface area contributed by atoms with Crippen molar-refractivity contribution in [2.45, 2.75) is 32.1 Å². The van der Waals surface area contributed by atoms with Crippen LogP contribution in [-0.4, -0.2) is 10.1 Å². The highest BCUT2D eigenvalue weighted by Gasteiger charge is 2.20. The molecular formula is C10H13NO. The summed E-state index contributed by atoms with van der Waals surface area (Å²) in [5.41, 5.74) is 2.16. The Bertz CT molecular complexity index is 296. The van der Waals surface area contributed by atoms with Crippen LogP contribution in [0.25, 0.3) is 0 Å². The molecule has 0 fully saturated rings. The third-order valence-electron chi connectivity index (χ3n) is 2.59. The van der Waals surface area contributed by atoms with Gasteiger partial charge < -0.3 is 5.11 Å².